The van der Waals surface area contributed by atoms with Gasteiger partial charge in [-0.05, 0) is 49.7 Å². The van der Waals surface area contributed by atoms with Gasteiger partial charge in [-0.3, -0.25) is 4.79 Å². The Balaban J connectivity index is 2.04. The number of amides is 1. The molecule has 1 atom stereocenters. The Bertz CT molecular complexity index is 418. The van der Waals surface area contributed by atoms with E-state index in [9.17, 15) is 4.79 Å². The quantitative estimate of drug-likeness (QED) is 0.798. The molecule has 0 bridgehead atoms. The SMILES string of the molecule is CC(C)C(CCBr)NC(=O)c1cc2c(s1)CCCC2. The van der Waals surface area contributed by atoms with Gasteiger partial charge >= 0.3 is 0 Å². The second-order valence-corrected chi connectivity index (χ2v) is 7.50. The molecule has 4 heteroatoms. The van der Waals surface area contributed by atoms with Crippen LogP contribution in [0.4, 0.5) is 0 Å². The number of hydrogen-bond acceptors (Lipinski definition) is 2. The van der Waals surface area contributed by atoms with Crippen LogP contribution in [-0.4, -0.2) is 17.3 Å². The Kier molecular flexibility index (Phi) is 5.46. The van der Waals surface area contributed by atoms with E-state index in [1.165, 1.54) is 23.3 Å². The van der Waals surface area contributed by atoms with Gasteiger partial charge in [0.1, 0.15) is 0 Å². The maximum atomic E-state index is 12.3. The number of carbonyl (C=O) groups excluding carboxylic acids is 1. The van der Waals surface area contributed by atoms with Crippen molar-refractivity contribution >= 4 is 33.2 Å². The topological polar surface area (TPSA) is 29.1 Å². The van der Waals surface area contributed by atoms with Crippen LogP contribution in [-0.2, 0) is 12.8 Å². The third-order valence-corrected chi connectivity index (χ3v) is 5.46. The fourth-order valence-electron chi connectivity index (χ4n) is 2.53. The summed E-state index contributed by atoms with van der Waals surface area (Å²) in [5, 5.41) is 4.11. The van der Waals surface area contributed by atoms with E-state index in [1.54, 1.807) is 11.3 Å². The number of halogens is 1. The van der Waals surface area contributed by atoms with Crippen LogP contribution in [0.1, 0.15) is 53.2 Å². The molecule has 0 aromatic carbocycles. The summed E-state index contributed by atoms with van der Waals surface area (Å²) in [6, 6.07) is 2.37. The molecule has 0 saturated carbocycles. The highest BCUT2D eigenvalue weighted by atomic mass is 79.9. The Labute approximate surface area is 128 Å². The molecule has 0 saturated heterocycles. The molecule has 1 heterocycles. The molecule has 1 aliphatic rings. The summed E-state index contributed by atoms with van der Waals surface area (Å²) in [5.74, 6) is 0.579. The van der Waals surface area contributed by atoms with Crippen molar-refractivity contribution in [3.63, 3.8) is 0 Å². The second kappa shape index (κ2) is 6.89. The minimum atomic E-state index is 0.110. The molecule has 2 nitrogen and oxygen atoms in total. The van der Waals surface area contributed by atoms with E-state index < -0.39 is 0 Å². The highest BCUT2D eigenvalue weighted by molar-refractivity contribution is 9.09. The van der Waals surface area contributed by atoms with E-state index in [-0.39, 0.29) is 11.9 Å². The van der Waals surface area contributed by atoms with Crippen LogP contribution in [0.3, 0.4) is 0 Å². The van der Waals surface area contributed by atoms with Crippen molar-refractivity contribution in [3.05, 3.63) is 21.4 Å². The first-order valence-corrected chi connectivity index (χ1v) is 9.04. The molecule has 106 valence electrons. The van der Waals surface area contributed by atoms with E-state index >= 15 is 0 Å². The highest BCUT2D eigenvalue weighted by Crippen LogP contribution is 2.29. The average Bonchev–Trinajstić information content (AvgIpc) is 2.81. The number of aryl methyl sites for hydroxylation is 2. The van der Waals surface area contributed by atoms with E-state index in [2.05, 4.69) is 41.2 Å². The fraction of sp³-hybridized carbons (Fsp3) is 0.667. The minimum absolute atomic E-state index is 0.110. The van der Waals surface area contributed by atoms with E-state index in [1.807, 2.05) is 0 Å². The molecule has 1 aromatic rings. The molecule has 0 aliphatic heterocycles. The van der Waals surface area contributed by atoms with Crippen molar-refractivity contribution in [3.8, 4) is 0 Å². The third kappa shape index (κ3) is 3.82. The van der Waals surface area contributed by atoms with E-state index in [0.29, 0.717) is 5.92 Å². The second-order valence-electron chi connectivity index (χ2n) is 5.57. The van der Waals surface area contributed by atoms with E-state index in [0.717, 1.165) is 29.5 Å². The molecule has 19 heavy (non-hydrogen) atoms. The minimum Gasteiger partial charge on any atom is -0.348 e. The summed E-state index contributed by atoms with van der Waals surface area (Å²) in [6.45, 7) is 4.32. The van der Waals surface area contributed by atoms with Crippen LogP contribution in [0.2, 0.25) is 0 Å². The first kappa shape index (κ1) is 15.0. The number of alkyl halides is 1. The number of nitrogens with one attached hydrogen (secondary N) is 1. The maximum absolute atomic E-state index is 12.3. The molecule has 0 fully saturated rings. The van der Waals surface area contributed by atoms with Gasteiger partial charge in [0.15, 0.2) is 0 Å². The number of hydrogen-bond donors (Lipinski definition) is 1. The first-order valence-electron chi connectivity index (χ1n) is 7.10. The normalized spacial score (nSPS) is 16.2. The lowest BCUT2D eigenvalue weighted by Gasteiger charge is -2.21. The van der Waals surface area contributed by atoms with Gasteiger partial charge in [-0.25, -0.2) is 0 Å². The molecular formula is C15H22BrNOS. The number of rotatable bonds is 5. The van der Waals surface area contributed by atoms with Crippen LogP contribution >= 0.6 is 27.3 Å². The van der Waals surface area contributed by atoms with Crippen LogP contribution in [0.15, 0.2) is 6.07 Å². The van der Waals surface area contributed by atoms with Gasteiger partial charge in [0, 0.05) is 16.2 Å². The zero-order valence-corrected chi connectivity index (χ0v) is 14.1. The fourth-order valence-corrected chi connectivity index (χ4v) is 4.18. The number of thiophene rings is 1. The zero-order chi connectivity index (χ0) is 13.8. The Morgan fingerprint density at radius 3 is 2.79 bits per heavy atom. The summed E-state index contributed by atoms with van der Waals surface area (Å²) in [6.07, 6.45) is 5.82. The van der Waals surface area contributed by atoms with Crippen LogP contribution in [0.25, 0.3) is 0 Å². The lowest BCUT2D eigenvalue weighted by Crippen LogP contribution is -2.38. The largest absolute Gasteiger partial charge is 0.348 e. The first-order chi connectivity index (χ1) is 9.11. The average molecular weight is 344 g/mol. The van der Waals surface area contributed by atoms with Crippen molar-refractivity contribution in [1.29, 1.82) is 0 Å². The Morgan fingerprint density at radius 2 is 2.16 bits per heavy atom. The summed E-state index contributed by atoms with van der Waals surface area (Å²) in [7, 11) is 0. The molecule has 1 aromatic heterocycles. The van der Waals surface area contributed by atoms with Gasteiger partial charge in [0.25, 0.3) is 5.91 Å². The summed E-state index contributed by atoms with van der Waals surface area (Å²) < 4.78 is 0. The third-order valence-electron chi connectivity index (χ3n) is 3.76. The van der Waals surface area contributed by atoms with Crippen LogP contribution in [0, 0.1) is 5.92 Å². The molecule has 2 rings (SSSR count). The van der Waals surface area contributed by atoms with Crippen molar-refractivity contribution in [2.24, 2.45) is 5.92 Å². The van der Waals surface area contributed by atoms with Gasteiger partial charge in [-0.1, -0.05) is 29.8 Å². The lowest BCUT2D eigenvalue weighted by molar-refractivity contribution is 0.0929. The zero-order valence-electron chi connectivity index (χ0n) is 11.7. The predicted octanol–water partition coefficient (Wildman–Crippen LogP) is 4.17. The van der Waals surface area contributed by atoms with Crippen molar-refractivity contribution < 1.29 is 4.79 Å². The Hall–Kier alpha value is -0.350. The summed E-state index contributed by atoms with van der Waals surface area (Å²) in [4.78, 5) is 14.7. The molecule has 1 amide bonds. The molecule has 1 aliphatic carbocycles. The van der Waals surface area contributed by atoms with Gasteiger partial charge < -0.3 is 5.32 Å². The molecule has 1 unspecified atom stereocenters. The highest BCUT2D eigenvalue weighted by Gasteiger charge is 2.20. The molecule has 0 radical (unpaired) electrons. The van der Waals surface area contributed by atoms with Gasteiger partial charge in [0.2, 0.25) is 0 Å². The Morgan fingerprint density at radius 1 is 1.42 bits per heavy atom. The van der Waals surface area contributed by atoms with Crippen molar-refractivity contribution in [2.45, 2.75) is 52.0 Å². The molecule has 0 spiro atoms. The van der Waals surface area contributed by atoms with Gasteiger partial charge in [-0.15, -0.1) is 11.3 Å². The van der Waals surface area contributed by atoms with Crippen molar-refractivity contribution in [1.82, 2.24) is 5.32 Å². The predicted molar refractivity (Wildman–Crippen MR) is 85.5 cm³/mol. The number of fused-ring (bicyclic) bond motifs is 1. The molecular weight excluding hydrogens is 322 g/mol. The van der Waals surface area contributed by atoms with Crippen LogP contribution in [0.5, 0.6) is 0 Å². The van der Waals surface area contributed by atoms with Crippen molar-refractivity contribution in [2.75, 3.05) is 5.33 Å². The standard InChI is InChI=1S/C15H22BrNOS/c1-10(2)12(7-8-16)17-15(18)14-9-11-5-3-4-6-13(11)19-14/h9-10,12H,3-8H2,1-2H3,(H,17,18). The molecule has 1 N–H and O–H groups in total. The van der Waals surface area contributed by atoms with E-state index in [4.69, 9.17) is 0 Å². The summed E-state index contributed by atoms with van der Waals surface area (Å²) in [5.41, 5.74) is 1.41. The number of carbonyl (C=O) groups is 1. The maximum Gasteiger partial charge on any atom is 0.261 e. The lowest BCUT2D eigenvalue weighted by atomic mass is 9.99. The van der Waals surface area contributed by atoms with Crippen LogP contribution < -0.4 is 5.32 Å². The van der Waals surface area contributed by atoms with Gasteiger partial charge in [0.05, 0.1) is 4.88 Å². The smallest absolute Gasteiger partial charge is 0.261 e. The summed E-state index contributed by atoms with van der Waals surface area (Å²) >= 11 is 5.15. The monoisotopic (exact) mass is 343 g/mol. The van der Waals surface area contributed by atoms with Gasteiger partial charge in [-0.2, -0.15) is 0 Å².